The monoisotopic (exact) mass is 681 g/mol. The number of nitrogens with zero attached hydrogens (tertiary/aromatic N) is 1. The minimum atomic E-state index is -2.07. The van der Waals surface area contributed by atoms with Gasteiger partial charge in [-0.25, -0.2) is 4.98 Å². The molecular weight excluding hydrogens is 634 g/mol. The maximum atomic E-state index is 6.97. The molecule has 1 aliphatic heterocycles. The van der Waals surface area contributed by atoms with Crippen LogP contribution < -0.4 is 9.16 Å². The molecule has 0 bridgehead atoms. The van der Waals surface area contributed by atoms with Crippen LogP contribution in [0.5, 0.6) is 11.6 Å². The Bertz CT molecular complexity index is 1700. The number of hydrogen-bond acceptors (Lipinski definition) is 5. The molecule has 4 aromatic rings. The summed E-state index contributed by atoms with van der Waals surface area (Å²) in [5, 5.41) is 0.658. The molecule has 1 aromatic heterocycles. The van der Waals surface area contributed by atoms with Crippen LogP contribution in [-0.2, 0) is 15.9 Å². The van der Waals surface area contributed by atoms with Crippen LogP contribution in [-0.4, -0.2) is 26.2 Å². The molecule has 1 spiro atoms. The molecule has 0 N–H and O–H groups in total. The van der Waals surface area contributed by atoms with Crippen molar-refractivity contribution in [2.45, 2.75) is 89.5 Å². The molecule has 0 unspecified atom stereocenters. The first kappa shape index (κ1) is 34.4. The van der Waals surface area contributed by atoms with E-state index in [2.05, 4.69) is 114 Å². The molecule has 1 saturated heterocycles. The van der Waals surface area contributed by atoms with Crippen molar-refractivity contribution < 1.29 is 18.6 Å². The fourth-order valence-corrected chi connectivity index (χ4v) is 7.88. The average molecular weight is 682 g/mol. The van der Waals surface area contributed by atoms with Crippen molar-refractivity contribution in [3.8, 4) is 11.6 Å². The van der Waals surface area contributed by atoms with Gasteiger partial charge in [0.1, 0.15) is 18.0 Å². The highest BCUT2D eigenvalue weighted by atomic mass is 35.5. The second-order valence-corrected chi connectivity index (χ2v) is 19.8. The lowest BCUT2D eigenvalue weighted by molar-refractivity contribution is -0.171. The molecule has 3 aromatic carbocycles. The van der Waals surface area contributed by atoms with E-state index in [0.717, 1.165) is 65.0 Å². The van der Waals surface area contributed by atoms with E-state index in [4.69, 9.17) is 35.2 Å². The zero-order valence-corrected chi connectivity index (χ0v) is 31.0. The highest BCUT2D eigenvalue weighted by molar-refractivity contribution is 6.74. The maximum absolute atomic E-state index is 6.97. The first-order valence-corrected chi connectivity index (χ1v) is 20.4. The number of hydrogen-bond donors (Lipinski definition) is 0. The molecule has 6 rings (SSSR count). The van der Waals surface area contributed by atoms with Gasteiger partial charge in [-0.05, 0) is 71.8 Å². The second kappa shape index (κ2) is 13.8. The Morgan fingerprint density at radius 3 is 2.10 bits per heavy atom. The first-order chi connectivity index (χ1) is 22.9. The van der Waals surface area contributed by atoms with Crippen molar-refractivity contribution in [3.05, 3.63) is 130 Å². The van der Waals surface area contributed by atoms with Crippen molar-refractivity contribution in [1.82, 2.24) is 4.98 Å². The molecule has 2 fully saturated rings. The predicted molar refractivity (Wildman–Crippen MR) is 197 cm³/mol. The molecule has 1 aliphatic carbocycles. The fraction of sp³-hybridized carbons (Fsp3) is 0.390. The highest BCUT2D eigenvalue weighted by Gasteiger charge is 2.52. The van der Waals surface area contributed by atoms with Gasteiger partial charge in [-0.1, -0.05) is 118 Å². The van der Waals surface area contributed by atoms with Crippen LogP contribution in [0.4, 0.5) is 0 Å². The Balaban J connectivity index is 1.35. The van der Waals surface area contributed by atoms with Gasteiger partial charge in [0.05, 0.1) is 17.8 Å². The summed E-state index contributed by atoms with van der Waals surface area (Å²) in [5.41, 5.74) is 6.17. The Morgan fingerprint density at radius 1 is 0.938 bits per heavy atom. The summed E-state index contributed by atoms with van der Waals surface area (Å²) in [5.74, 6) is 0.895. The van der Waals surface area contributed by atoms with Gasteiger partial charge in [0.25, 0.3) is 8.32 Å². The van der Waals surface area contributed by atoms with Crippen molar-refractivity contribution in [3.63, 3.8) is 0 Å². The summed E-state index contributed by atoms with van der Waals surface area (Å²) < 4.78 is 26.2. The molecule has 7 heteroatoms. The molecule has 2 aliphatic rings. The van der Waals surface area contributed by atoms with Gasteiger partial charge in [-0.2, -0.15) is 0 Å². The van der Waals surface area contributed by atoms with Crippen LogP contribution in [0.1, 0.15) is 87.1 Å². The van der Waals surface area contributed by atoms with E-state index >= 15 is 0 Å². The number of rotatable bonds is 9. The number of halogens is 1. The van der Waals surface area contributed by atoms with E-state index in [0.29, 0.717) is 10.9 Å². The molecule has 1 saturated carbocycles. The fourth-order valence-electron chi connectivity index (χ4n) is 6.56. The van der Waals surface area contributed by atoms with Gasteiger partial charge < -0.3 is 18.6 Å². The van der Waals surface area contributed by atoms with Crippen LogP contribution in [0.2, 0.25) is 23.2 Å². The lowest BCUT2D eigenvalue weighted by atomic mass is 9.95. The minimum absolute atomic E-state index is 0.0589. The lowest BCUT2D eigenvalue weighted by Gasteiger charge is -2.36. The summed E-state index contributed by atoms with van der Waals surface area (Å²) in [4.78, 5) is 5.00. The summed E-state index contributed by atoms with van der Waals surface area (Å²) >= 11 is 6.97. The van der Waals surface area contributed by atoms with E-state index in [1.807, 2.05) is 24.3 Å². The Labute approximate surface area is 292 Å². The van der Waals surface area contributed by atoms with E-state index in [1.165, 1.54) is 0 Å². The Morgan fingerprint density at radius 2 is 1.56 bits per heavy atom. The summed E-state index contributed by atoms with van der Waals surface area (Å²) in [6, 6.07) is 31.2. The molecule has 5 nitrogen and oxygen atoms in total. The maximum Gasteiger partial charge on any atom is 0.250 e. The van der Waals surface area contributed by atoms with Crippen LogP contribution in [0.15, 0.2) is 97.1 Å². The van der Waals surface area contributed by atoms with Gasteiger partial charge in [-0.15, -0.1) is 0 Å². The standard InChI is InChI=1S/C41H48ClNO4Si/c1-8-29-19-21-35(43-39(29)44-5)33(32-20-22-36(34(42)26-32)47-48(6,7)40(2,3)4)25-28-23-24-41(27-28)45-37(30-15-11-9-12-16-30)38(46-41)31-17-13-10-14-18-31/h9-22,25-26,28,37-38H,8,23-24,27H2,1-7H3/b33-25+/t28-,37-,38-/m1/s1. The summed E-state index contributed by atoms with van der Waals surface area (Å²) in [7, 11) is -0.392. The molecule has 3 atom stereocenters. The van der Waals surface area contributed by atoms with E-state index in [-0.39, 0.29) is 23.2 Å². The van der Waals surface area contributed by atoms with Gasteiger partial charge in [0.2, 0.25) is 5.88 Å². The van der Waals surface area contributed by atoms with Crippen molar-refractivity contribution in [2.24, 2.45) is 5.92 Å². The van der Waals surface area contributed by atoms with E-state index < -0.39 is 14.1 Å². The molecule has 0 radical (unpaired) electrons. The third kappa shape index (κ3) is 7.13. The SMILES string of the molecule is CCc1ccc(/C(=C/[C@H]2CCC3(C2)O[C@H](c2ccccc2)[C@@H](c2ccccc2)O3)c2ccc(O[Si](C)(C)C(C)(C)C)c(Cl)c2)nc1OC. The van der Waals surface area contributed by atoms with Crippen LogP contribution in [0.3, 0.4) is 0 Å². The molecule has 0 amide bonds. The number of allylic oxidation sites excluding steroid dienone is 1. The third-order valence-corrected chi connectivity index (χ3v) is 14.9. The number of ether oxygens (including phenoxy) is 3. The largest absolute Gasteiger partial charge is 0.543 e. The van der Waals surface area contributed by atoms with Gasteiger partial charge in [0.15, 0.2) is 5.79 Å². The second-order valence-electron chi connectivity index (χ2n) is 14.6. The van der Waals surface area contributed by atoms with Gasteiger partial charge >= 0.3 is 0 Å². The predicted octanol–water partition coefficient (Wildman–Crippen LogP) is 11.1. The van der Waals surface area contributed by atoms with Gasteiger partial charge in [0, 0.05) is 24.0 Å². The van der Waals surface area contributed by atoms with Crippen molar-refractivity contribution in [2.75, 3.05) is 7.11 Å². The first-order valence-electron chi connectivity index (χ1n) is 17.1. The molecule has 48 heavy (non-hydrogen) atoms. The van der Waals surface area contributed by atoms with E-state index in [1.54, 1.807) is 7.11 Å². The van der Waals surface area contributed by atoms with Crippen LogP contribution in [0.25, 0.3) is 5.57 Å². The third-order valence-electron chi connectivity index (χ3n) is 10.3. The average Bonchev–Trinajstić information content (AvgIpc) is 3.67. The minimum Gasteiger partial charge on any atom is -0.543 e. The van der Waals surface area contributed by atoms with E-state index in [9.17, 15) is 0 Å². The number of methoxy groups -OCH3 is 1. The number of aryl methyl sites for hydroxylation is 1. The topological polar surface area (TPSA) is 49.8 Å². The zero-order valence-electron chi connectivity index (χ0n) is 29.3. The van der Waals surface area contributed by atoms with Crippen molar-refractivity contribution >= 4 is 25.5 Å². The van der Waals surface area contributed by atoms with Crippen molar-refractivity contribution in [1.29, 1.82) is 0 Å². The van der Waals surface area contributed by atoms with Crippen LogP contribution >= 0.6 is 11.6 Å². The quantitative estimate of drug-likeness (QED) is 0.165. The number of benzene rings is 3. The molecule has 2 heterocycles. The lowest BCUT2D eigenvalue weighted by Crippen LogP contribution is -2.43. The van der Waals surface area contributed by atoms with Crippen LogP contribution in [0, 0.1) is 5.92 Å². The zero-order chi connectivity index (χ0) is 34.1. The highest BCUT2D eigenvalue weighted by Crippen LogP contribution is 2.55. The Kier molecular flexibility index (Phi) is 9.92. The smallest absolute Gasteiger partial charge is 0.250 e. The normalized spacial score (nSPS) is 21.1. The number of pyridine rings is 1. The number of aromatic nitrogens is 1. The summed E-state index contributed by atoms with van der Waals surface area (Å²) in [6.07, 6.45) is 5.28. The molecule has 252 valence electrons. The molecular formula is C41H48ClNO4Si. The summed E-state index contributed by atoms with van der Waals surface area (Å²) in [6.45, 7) is 13.3. The Hall–Kier alpha value is -3.42. The van der Waals surface area contributed by atoms with Gasteiger partial charge in [-0.3, -0.25) is 0 Å².